The summed E-state index contributed by atoms with van der Waals surface area (Å²) in [5.74, 6) is -0.717. The Kier molecular flexibility index (Phi) is 13.8. The van der Waals surface area contributed by atoms with Crippen LogP contribution in [0.3, 0.4) is 0 Å². The van der Waals surface area contributed by atoms with Gasteiger partial charge in [0, 0.05) is 6.92 Å². The zero-order valence-corrected chi connectivity index (χ0v) is 25.5. The van der Waals surface area contributed by atoms with Gasteiger partial charge in [-0.15, -0.1) is 0 Å². The van der Waals surface area contributed by atoms with E-state index < -0.39 is 155 Å². The van der Waals surface area contributed by atoms with E-state index in [0.29, 0.717) is 0 Å². The topological polar surface area (TPSA) is 357 Å². The molecule has 0 unspecified atom stereocenters. The van der Waals surface area contributed by atoms with E-state index in [-0.39, 0.29) is 0 Å². The van der Waals surface area contributed by atoms with Crippen LogP contribution in [0.15, 0.2) is 0 Å². The minimum Gasteiger partial charge on any atom is -0.394 e. The van der Waals surface area contributed by atoms with Crippen molar-refractivity contribution in [2.24, 2.45) is 0 Å². The summed E-state index contributed by atoms with van der Waals surface area (Å²) in [5, 5.41) is 135. The van der Waals surface area contributed by atoms with Gasteiger partial charge in [-0.1, -0.05) is 0 Å². The fourth-order valence-electron chi connectivity index (χ4n) is 5.73. The lowest BCUT2D eigenvalue weighted by Crippen LogP contribution is -2.68. The van der Waals surface area contributed by atoms with Crippen LogP contribution in [0.4, 0.5) is 0 Å². The molecule has 4 saturated heterocycles. The van der Waals surface area contributed by atoms with Gasteiger partial charge in [0.15, 0.2) is 25.2 Å². The number of nitrogens with one attached hydrogen (secondary N) is 1. The summed E-state index contributed by atoms with van der Waals surface area (Å²) >= 11 is 0. The SMILES string of the molecule is CC(=O)N[C@@H]1[C@@H](O[C@@H]2O[C@H](CO[C@H]3O[C@H](CO)[C@H](O)[C@H](O)[C@H]3O)[C@@H](O)[C@H](O)[C@H]2O)[C@@H](O)[C@@H](CO[C@@H]2O[C@H](CO)[C@@H](O)[C@H](O)[C@H]2O)O[C@H]1O. The number of carbonyl (C=O) groups excluding carboxylic acids is 1. The predicted molar refractivity (Wildman–Crippen MR) is 145 cm³/mol. The Labute approximate surface area is 272 Å². The van der Waals surface area contributed by atoms with E-state index >= 15 is 0 Å². The smallest absolute Gasteiger partial charge is 0.217 e. The van der Waals surface area contributed by atoms with Gasteiger partial charge in [0.1, 0.15) is 97.6 Å². The van der Waals surface area contributed by atoms with Gasteiger partial charge in [-0.3, -0.25) is 4.79 Å². The van der Waals surface area contributed by atoms with Gasteiger partial charge in [-0.2, -0.15) is 0 Å². The average molecular weight is 708 g/mol. The summed E-state index contributed by atoms with van der Waals surface area (Å²) in [4.78, 5) is 11.9. The van der Waals surface area contributed by atoms with Crippen LogP contribution in [0.25, 0.3) is 0 Å². The number of ether oxygens (including phenoxy) is 7. The lowest BCUT2D eigenvalue weighted by atomic mass is 9.95. The highest BCUT2D eigenvalue weighted by atomic mass is 16.7. The number of amides is 1. The molecule has 0 aromatic carbocycles. The Morgan fingerprint density at radius 1 is 0.542 bits per heavy atom. The quantitative estimate of drug-likeness (QED) is 0.0947. The molecule has 4 rings (SSSR count). The molecular formula is C26H45NO21. The predicted octanol–water partition coefficient (Wildman–Crippen LogP) is -9.61. The van der Waals surface area contributed by atoms with Gasteiger partial charge in [0.05, 0.1) is 26.4 Å². The maximum Gasteiger partial charge on any atom is 0.217 e. The van der Waals surface area contributed by atoms with Crippen molar-refractivity contribution in [1.82, 2.24) is 5.32 Å². The first-order valence-electron chi connectivity index (χ1n) is 15.1. The summed E-state index contributed by atoms with van der Waals surface area (Å²) in [5.41, 5.74) is 0. The van der Waals surface area contributed by atoms with Crippen LogP contribution in [-0.4, -0.2) is 221 Å². The third-order valence-corrected chi connectivity index (χ3v) is 8.57. The number of aliphatic hydroxyl groups excluding tert-OH is 13. The molecule has 22 heteroatoms. The highest BCUT2D eigenvalue weighted by Crippen LogP contribution is 2.31. The minimum absolute atomic E-state index is 0.682. The second-order valence-corrected chi connectivity index (χ2v) is 12.0. The van der Waals surface area contributed by atoms with Crippen LogP contribution in [0.1, 0.15) is 6.92 Å². The first kappa shape index (κ1) is 39.5. The number of aliphatic hydroxyl groups is 13. The van der Waals surface area contributed by atoms with Crippen molar-refractivity contribution in [3.8, 4) is 0 Å². The third-order valence-electron chi connectivity index (χ3n) is 8.57. The third kappa shape index (κ3) is 8.41. The van der Waals surface area contributed by atoms with Gasteiger partial charge in [-0.25, -0.2) is 0 Å². The molecule has 0 radical (unpaired) electrons. The summed E-state index contributed by atoms with van der Waals surface area (Å²) in [6.45, 7) is -1.81. The Hall–Kier alpha value is -1.33. The number of carbonyl (C=O) groups is 1. The van der Waals surface area contributed by atoms with E-state index in [2.05, 4.69) is 5.32 Å². The number of hydrogen-bond acceptors (Lipinski definition) is 21. The van der Waals surface area contributed by atoms with Crippen LogP contribution >= 0.6 is 0 Å². The standard InChI is InChI=1S/C26H45NO21/c1-6(30)27-11-22(15(34)10(44-23(11)41)5-43-25-20(39)17(36)13(32)8(3-29)46-25)48-26-21(40)18(37)14(33)9(47-26)4-42-24-19(38)16(35)12(31)7(2-28)45-24/h7-26,28-29,31-41H,2-5H2,1H3,(H,27,30)/t7-,8-,9-,10-,11-,12+,13-,14-,15+,16+,17+,18+,19-,20-,21-,22-,23-,24+,25-,26+/m1/s1. The highest BCUT2D eigenvalue weighted by molar-refractivity contribution is 5.73. The Morgan fingerprint density at radius 2 is 0.938 bits per heavy atom. The van der Waals surface area contributed by atoms with Crippen LogP contribution in [0, 0.1) is 0 Å². The monoisotopic (exact) mass is 707 g/mol. The molecule has 280 valence electrons. The molecule has 4 fully saturated rings. The van der Waals surface area contributed by atoms with Crippen molar-refractivity contribution in [3.63, 3.8) is 0 Å². The second kappa shape index (κ2) is 16.8. The Bertz CT molecular complexity index is 1030. The molecule has 14 N–H and O–H groups in total. The van der Waals surface area contributed by atoms with Gasteiger partial charge in [0.2, 0.25) is 5.91 Å². The lowest BCUT2D eigenvalue weighted by Gasteiger charge is -2.47. The van der Waals surface area contributed by atoms with E-state index in [9.17, 15) is 71.2 Å². The molecule has 4 heterocycles. The maximum atomic E-state index is 11.9. The molecule has 4 aliphatic heterocycles. The minimum atomic E-state index is -2.00. The molecule has 48 heavy (non-hydrogen) atoms. The zero-order valence-electron chi connectivity index (χ0n) is 25.5. The van der Waals surface area contributed by atoms with Crippen LogP contribution < -0.4 is 5.32 Å². The van der Waals surface area contributed by atoms with Crippen molar-refractivity contribution in [3.05, 3.63) is 0 Å². The van der Waals surface area contributed by atoms with Crippen LogP contribution in [0.2, 0.25) is 0 Å². The summed E-state index contributed by atoms with van der Waals surface area (Å²) < 4.78 is 38.0. The van der Waals surface area contributed by atoms with E-state index in [0.717, 1.165) is 6.92 Å². The fourth-order valence-corrected chi connectivity index (χ4v) is 5.73. The van der Waals surface area contributed by atoms with E-state index in [1.54, 1.807) is 0 Å². The maximum absolute atomic E-state index is 11.9. The number of hydrogen-bond donors (Lipinski definition) is 14. The largest absolute Gasteiger partial charge is 0.394 e. The van der Waals surface area contributed by atoms with Gasteiger partial charge in [0.25, 0.3) is 0 Å². The molecule has 22 nitrogen and oxygen atoms in total. The molecule has 0 bridgehead atoms. The molecule has 0 saturated carbocycles. The van der Waals surface area contributed by atoms with E-state index in [4.69, 9.17) is 33.2 Å². The average Bonchev–Trinajstić information content (AvgIpc) is 3.05. The van der Waals surface area contributed by atoms with Crippen molar-refractivity contribution in [2.45, 2.75) is 130 Å². The van der Waals surface area contributed by atoms with Crippen molar-refractivity contribution in [2.75, 3.05) is 26.4 Å². The zero-order chi connectivity index (χ0) is 35.6. The van der Waals surface area contributed by atoms with Gasteiger partial charge < -0.3 is 105 Å². The van der Waals surface area contributed by atoms with Gasteiger partial charge >= 0.3 is 0 Å². The molecule has 0 aromatic rings. The first-order valence-corrected chi connectivity index (χ1v) is 15.1. The van der Waals surface area contributed by atoms with Crippen molar-refractivity contribution < 1.29 is 104 Å². The molecule has 20 atom stereocenters. The second-order valence-electron chi connectivity index (χ2n) is 12.0. The molecule has 4 aliphatic rings. The molecule has 0 spiro atoms. The highest BCUT2D eigenvalue weighted by Gasteiger charge is 2.53. The summed E-state index contributed by atoms with van der Waals surface area (Å²) in [6.07, 6.45) is -32.7. The summed E-state index contributed by atoms with van der Waals surface area (Å²) in [6, 6.07) is -1.54. The van der Waals surface area contributed by atoms with Gasteiger partial charge in [-0.05, 0) is 0 Å². The molecular weight excluding hydrogens is 662 g/mol. The van der Waals surface area contributed by atoms with E-state index in [1.165, 1.54) is 0 Å². The number of rotatable bonds is 11. The van der Waals surface area contributed by atoms with Crippen molar-refractivity contribution in [1.29, 1.82) is 0 Å². The van der Waals surface area contributed by atoms with E-state index in [1.807, 2.05) is 0 Å². The Balaban J connectivity index is 1.46. The van der Waals surface area contributed by atoms with Crippen molar-refractivity contribution >= 4 is 5.91 Å². The lowest BCUT2D eigenvalue weighted by molar-refractivity contribution is -0.356. The molecule has 0 aromatic heterocycles. The fraction of sp³-hybridized carbons (Fsp3) is 0.962. The Morgan fingerprint density at radius 3 is 1.38 bits per heavy atom. The first-order chi connectivity index (χ1) is 22.6. The molecule has 0 aliphatic carbocycles. The normalized spacial score (nSPS) is 50.2. The molecule has 1 amide bonds. The summed E-state index contributed by atoms with van der Waals surface area (Å²) in [7, 11) is 0. The van der Waals surface area contributed by atoms with Crippen LogP contribution in [-0.2, 0) is 38.0 Å². The van der Waals surface area contributed by atoms with Crippen LogP contribution in [0.5, 0.6) is 0 Å².